The third-order valence-electron chi connectivity index (χ3n) is 10.2. The molecule has 3 aromatic heterocycles. The minimum absolute atomic E-state index is 0.570. The van der Waals surface area contributed by atoms with E-state index in [0.717, 1.165) is 76.8 Å². The Morgan fingerprint density at radius 3 is 1.81 bits per heavy atom. The zero-order chi connectivity index (χ0) is 34.2. The van der Waals surface area contributed by atoms with Crippen molar-refractivity contribution in [2.45, 2.75) is 0 Å². The van der Waals surface area contributed by atoms with E-state index in [2.05, 4.69) is 132 Å². The van der Waals surface area contributed by atoms with Crippen molar-refractivity contribution in [3.63, 3.8) is 0 Å². The molecule has 0 atom stereocenters. The van der Waals surface area contributed by atoms with Gasteiger partial charge in [-0.1, -0.05) is 127 Å². The normalized spacial score (nSPS) is 11.8. The maximum Gasteiger partial charge on any atom is 0.238 e. The van der Waals surface area contributed by atoms with Crippen LogP contribution >= 0.6 is 0 Å². The summed E-state index contributed by atoms with van der Waals surface area (Å²) in [7, 11) is 0. The second-order valence-corrected chi connectivity index (χ2v) is 13.2. The van der Waals surface area contributed by atoms with Crippen LogP contribution in [0, 0.1) is 0 Å². The van der Waals surface area contributed by atoms with E-state index in [4.69, 9.17) is 19.4 Å². The van der Waals surface area contributed by atoms with Crippen molar-refractivity contribution < 1.29 is 4.42 Å². The molecule has 0 unspecified atom stereocenters. The Hall–Kier alpha value is -7.11. The molecule has 0 saturated carbocycles. The van der Waals surface area contributed by atoms with Gasteiger partial charge in [-0.25, -0.2) is 4.98 Å². The molecule has 0 aliphatic rings. The number of furan rings is 1. The second kappa shape index (κ2) is 11.2. The number of rotatable bonds is 4. The van der Waals surface area contributed by atoms with Gasteiger partial charge in [0.2, 0.25) is 5.95 Å². The molecule has 0 N–H and O–H groups in total. The number of benzene rings is 8. The lowest BCUT2D eigenvalue weighted by atomic mass is 9.95. The van der Waals surface area contributed by atoms with Crippen LogP contribution in [0.25, 0.3) is 105 Å². The Morgan fingerprint density at radius 2 is 1.02 bits per heavy atom. The molecule has 0 radical (unpaired) electrons. The van der Waals surface area contributed by atoms with Gasteiger partial charge >= 0.3 is 0 Å². The van der Waals surface area contributed by atoms with Crippen LogP contribution in [0.3, 0.4) is 0 Å². The third-order valence-corrected chi connectivity index (χ3v) is 10.2. The molecule has 0 bridgehead atoms. The minimum atomic E-state index is 0.570. The Balaban J connectivity index is 1.18. The second-order valence-electron chi connectivity index (χ2n) is 13.2. The monoisotopic (exact) mass is 664 g/mol. The summed E-state index contributed by atoms with van der Waals surface area (Å²) in [5, 5.41) is 9.11. The van der Waals surface area contributed by atoms with Crippen LogP contribution in [0.2, 0.25) is 0 Å². The topological polar surface area (TPSA) is 56.7 Å². The predicted molar refractivity (Wildman–Crippen MR) is 213 cm³/mol. The first-order valence-corrected chi connectivity index (χ1v) is 17.4. The smallest absolute Gasteiger partial charge is 0.238 e. The lowest BCUT2D eigenvalue weighted by molar-refractivity contribution is 0.669. The number of fused-ring (bicyclic) bond motifs is 9. The van der Waals surface area contributed by atoms with Crippen LogP contribution in [0.4, 0.5) is 0 Å². The zero-order valence-corrected chi connectivity index (χ0v) is 27.9. The molecule has 11 aromatic rings. The molecular formula is C47H28N4O. The summed E-state index contributed by atoms with van der Waals surface area (Å²) in [6.07, 6.45) is 0. The van der Waals surface area contributed by atoms with Crippen LogP contribution in [0.5, 0.6) is 0 Å². The number of hydrogen-bond acceptors (Lipinski definition) is 4. The SMILES string of the molecule is c1ccc(-c2nc(-c3ccc4oc5cc(-c6ccccc6)c6ccccc6c5c4c3)nc(-n3c4ccccc4c4cc5ccccc5cc43)n2)cc1. The first-order valence-electron chi connectivity index (χ1n) is 17.4. The van der Waals surface area contributed by atoms with Crippen molar-refractivity contribution in [2.24, 2.45) is 0 Å². The van der Waals surface area contributed by atoms with Crippen molar-refractivity contribution in [1.82, 2.24) is 19.5 Å². The van der Waals surface area contributed by atoms with Crippen molar-refractivity contribution in [1.29, 1.82) is 0 Å². The molecule has 3 heterocycles. The Labute approximate surface area is 298 Å². The largest absolute Gasteiger partial charge is 0.456 e. The average Bonchev–Trinajstić information content (AvgIpc) is 3.75. The molecule has 0 amide bonds. The first kappa shape index (κ1) is 28.7. The van der Waals surface area contributed by atoms with Crippen LogP contribution in [0.15, 0.2) is 174 Å². The fourth-order valence-electron chi connectivity index (χ4n) is 7.82. The molecule has 0 aliphatic heterocycles. The van der Waals surface area contributed by atoms with E-state index in [1.54, 1.807) is 0 Å². The van der Waals surface area contributed by atoms with Gasteiger partial charge in [0.15, 0.2) is 11.6 Å². The lowest BCUT2D eigenvalue weighted by Crippen LogP contribution is -2.06. The fraction of sp³-hybridized carbons (Fsp3) is 0. The Kier molecular flexibility index (Phi) is 6.18. The van der Waals surface area contributed by atoms with Gasteiger partial charge in [0, 0.05) is 32.7 Å². The standard InChI is InChI=1S/C47H28N4O/c1-3-13-29(14-4-1)37-28-43-44(36-21-10-9-19-34(36)37)39-26-33(23-24-42(39)52-43)46-48-45(30-15-5-2-6-16-30)49-47(50-46)51-40-22-12-11-20-35(40)38-25-31-17-7-8-18-32(31)27-41(38)51/h1-28H. The molecule has 5 heteroatoms. The summed E-state index contributed by atoms with van der Waals surface area (Å²) >= 11 is 0. The van der Waals surface area contributed by atoms with E-state index >= 15 is 0 Å². The van der Waals surface area contributed by atoms with Gasteiger partial charge in [0.1, 0.15) is 11.2 Å². The molecule has 5 nitrogen and oxygen atoms in total. The van der Waals surface area contributed by atoms with Crippen LogP contribution in [-0.4, -0.2) is 19.5 Å². The van der Waals surface area contributed by atoms with E-state index < -0.39 is 0 Å². The van der Waals surface area contributed by atoms with E-state index in [-0.39, 0.29) is 0 Å². The highest BCUT2D eigenvalue weighted by atomic mass is 16.3. The van der Waals surface area contributed by atoms with E-state index in [9.17, 15) is 0 Å². The first-order chi connectivity index (χ1) is 25.8. The third kappa shape index (κ3) is 4.39. The molecule has 0 aliphatic carbocycles. The van der Waals surface area contributed by atoms with Crippen molar-refractivity contribution in [3.8, 4) is 39.9 Å². The van der Waals surface area contributed by atoms with Crippen LogP contribution in [0.1, 0.15) is 0 Å². The summed E-state index contributed by atoms with van der Waals surface area (Å²) in [4.78, 5) is 15.5. The number of hydrogen-bond donors (Lipinski definition) is 0. The van der Waals surface area contributed by atoms with Gasteiger partial charge in [0.05, 0.1) is 11.0 Å². The molecular weight excluding hydrogens is 637 g/mol. The average molecular weight is 665 g/mol. The molecule has 11 rings (SSSR count). The Morgan fingerprint density at radius 1 is 0.385 bits per heavy atom. The summed E-state index contributed by atoms with van der Waals surface area (Å²) < 4.78 is 8.74. The van der Waals surface area contributed by atoms with Gasteiger partial charge in [-0.15, -0.1) is 0 Å². The molecule has 0 saturated heterocycles. The number of nitrogens with zero attached hydrogens (tertiary/aromatic N) is 4. The van der Waals surface area contributed by atoms with E-state index in [1.165, 1.54) is 10.8 Å². The van der Waals surface area contributed by atoms with Crippen LogP contribution in [-0.2, 0) is 0 Å². The van der Waals surface area contributed by atoms with Crippen molar-refractivity contribution in [3.05, 3.63) is 170 Å². The highest BCUT2D eigenvalue weighted by Crippen LogP contribution is 2.41. The highest BCUT2D eigenvalue weighted by molar-refractivity contribution is 6.22. The highest BCUT2D eigenvalue weighted by Gasteiger charge is 2.20. The van der Waals surface area contributed by atoms with Crippen molar-refractivity contribution in [2.75, 3.05) is 0 Å². The minimum Gasteiger partial charge on any atom is -0.456 e. The van der Waals surface area contributed by atoms with Gasteiger partial charge in [-0.3, -0.25) is 4.57 Å². The molecule has 242 valence electrons. The lowest BCUT2D eigenvalue weighted by Gasteiger charge is -2.11. The van der Waals surface area contributed by atoms with Crippen LogP contribution < -0.4 is 0 Å². The molecule has 52 heavy (non-hydrogen) atoms. The predicted octanol–water partition coefficient (Wildman–Crippen LogP) is 12.2. The zero-order valence-electron chi connectivity index (χ0n) is 27.9. The Bertz CT molecular complexity index is 3180. The molecule has 8 aromatic carbocycles. The molecule has 0 fully saturated rings. The van der Waals surface area contributed by atoms with Gasteiger partial charge < -0.3 is 4.42 Å². The van der Waals surface area contributed by atoms with Gasteiger partial charge in [-0.2, -0.15) is 9.97 Å². The van der Waals surface area contributed by atoms with Crippen molar-refractivity contribution >= 4 is 65.3 Å². The summed E-state index contributed by atoms with van der Waals surface area (Å²) in [5.41, 5.74) is 7.88. The number of para-hydroxylation sites is 1. The van der Waals surface area contributed by atoms with E-state index in [1.807, 2.05) is 42.5 Å². The number of aromatic nitrogens is 4. The summed E-state index contributed by atoms with van der Waals surface area (Å²) in [5.74, 6) is 1.78. The maximum atomic E-state index is 6.56. The summed E-state index contributed by atoms with van der Waals surface area (Å²) in [6, 6.07) is 59.1. The quantitative estimate of drug-likeness (QED) is 0.188. The van der Waals surface area contributed by atoms with E-state index in [0.29, 0.717) is 17.6 Å². The maximum absolute atomic E-state index is 6.56. The molecule has 0 spiro atoms. The van der Waals surface area contributed by atoms with Gasteiger partial charge in [-0.05, 0) is 75.1 Å². The summed E-state index contributed by atoms with van der Waals surface area (Å²) in [6.45, 7) is 0. The van der Waals surface area contributed by atoms with Gasteiger partial charge in [0.25, 0.3) is 0 Å². The fourth-order valence-corrected chi connectivity index (χ4v) is 7.82.